The van der Waals surface area contributed by atoms with Gasteiger partial charge in [-0.25, -0.2) is 4.98 Å². The number of carbonyl (C=O) groups is 2. The van der Waals surface area contributed by atoms with Crippen LogP contribution in [0.2, 0.25) is 0 Å². The Balaban J connectivity index is 0.00000150. The molecule has 1 aliphatic heterocycles. The van der Waals surface area contributed by atoms with Crippen LogP contribution in [-0.2, 0) is 0 Å². The van der Waals surface area contributed by atoms with Gasteiger partial charge in [0.1, 0.15) is 0 Å². The SMILES string of the molecule is CC1CNCCN1C(=O)c1cccc(NC(=O)c2ccc3nc[nH]c3c2)c1.Cl.Cl. The molecule has 1 fully saturated rings. The van der Waals surface area contributed by atoms with Crippen LogP contribution in [0, 0.1) is 0 Å². The summed E-state index contributed by atoms with van der Waals surface area (Å²) in [6.45, 7) is 4.29. The van der Waals surface area contributed by atoms with E-state index < -0.39 is 0 Å². The third-order valence-corrected chi connectivity index (χ3v) is 4.81. The van der Waals surface area contributed by atoms with E-state index in [0.717, 1.165) is 24.1 Å². The van der Waals surface area contributed by atoms with Crippen LogP contribution in [0.5, 0.6) is 0 Å². The van der Waals surface area contributed by atoms with Crippen LogP contribution in [0.3, 0.4) is 0 Å². The fraction of sp³-hybridized carbons (Fsp3) is 0.250. The number of imidazole rings is 1. The molecule has 0 aliphatic carbocycles. The first-order valence-corrected chi connectivity index (χ1v) is 8.98. The maximum Gasteiger partial charge on any atom is 0.255 e. The molecule has 7 nitrogen and oxygen atoms in total. The van der Waals surface area contributed by atoms with Crippen molar-refractivity contribution in [3.63, 3.8) is 0 Å². The molecule has 1 aliphatic rings. The van der Waals surface area contributed by atoms with Gasteiger partial charge < -0.3 is 20.5 Å². The van der Waals surface area contributed by atoms with Crippen molar-refractivity contribution in [2.24, 2.45) is 0 Å². The average molecular weight is 436 g/mol. The number of H-pyrrole nitrogens is 1. The third kappa shape index (κ3) is 4.87. The van der Waals surface area contributed by atoms with Crippen molar-refractivity contribution >= 4 is 53.3 Å². The van der Waals surface area contributed by atoms with Gasteiger partial charge in [0.25, 0.3) is 11.8 Å². The van der Waals surface area contributed by atoms with Gasteiger partial charge in [-0.2, -0.15) is 0 Å². The minimum Gasteiger partial charge on any atom is -0.345 e. The number of carbonyl (C=O) groups excluding carboxylic acids is 2. The van der Waals surface area contributed by atoms with Gasteiger partial charge in [0.05, 0.1) is 17.4 Å². The molecule has 2 heterocycles. The number of benzene rings is 2. The number of aromatic nitrogens is 2. The third-order valence-electron chi connectivity index (χ3n) is 4.81. The highest BCUT2D eigenvalue weighted by atomic mass is 35.5. The molecule has 0 saturated carbocycles. The van der Waals surface area contributed by atoms with Gasteiger partial charge in [0.15, 0.2) is 0 Å². The van der Waals surface area contributed by atoms with Crippen LogP contribution in [0.1, 0.15) is 27.6 Å². The molecule has 4 rings (SSSR count). The molecule has 9 heteroatoms. The summed E-state index contributed by atoms with van der Waals surface area (Å²) < 4.78 is 0. The summed E-state index contributed by atoms with van der Waals surface area (Å²) >= 11 is 0. The first kappa shape index (κ1) is 22.7. The number of anilines is 1. The van der Waals surface area contributed by atoms with E-state index in [1.165, 1.54) is 0 Å². The van der Waals surface area contributed by atoms with Crippen molar-refractivity contribution in [3.8, 4) is 0 Å². The van der Waals surface area contributed by atoms with Crippen LogP contribution in [0.4, 0.5) is 5.69 Å². The van der Waals surface area contributed by atoms with Crippen molar-refractivity contribution in [2.75, 3.05) is 25.0 Å². The number of nitrogens with zero attached hydrogens (tertiary/aromatic N) is 2. The summed E-state index contributed by atoms with van der Waals surface area (Å²) in [6.07, 6.45) is 1.60. The monoisotopic (exact) mass is 435 g/mol. The molecule has 1 aromatic heterocycles. The van der Waals surface area contributed by atoms with E-state index >= 15 is 0 Å². The highest BCUT2D eigenvalue weighted by Crippen LogP contribution is 2.17. The predicted octanol–water partition coefficient (Wildman–Crippen LogP) is 3.09. The lowest BCUT2D eigenvalue weighted by Crippen LogP contribution is -2.52. The summed E-state index contributed by atoms with van der Waals surface area (Å²) in [7, 11) is 0. The van der Waals surface area contributed by atoms with E-state index in [1.807, 2.05) is 11.8 Å². The Hall–Kier alpha value is -2.61. The number of hydrogen-bond acceptors (Lipinski definition) is 4. The standard InChI is InChI=1S/C20H21N5O2.2ClH/c1-13-11-21-7-8-25(13)20(27)15-3-2-4-16(9-15)24-19(26)14-5-6-17-18(10-14)23-12-22-17;;/h2-6,9-10,12-13,21H,7-8,11H2,1H3,(H,22,23)(H,24,26);2*1H. The number of amides is 2. The smallest absolute Gasteiger partial charge is 0.255 e. The molecule has 0 spiro atoms. The van der Waals surface area contributed by atoms with E-state index in [0.29, 0.717) is 23.4 Å². The Kier molecular flexibility index (Phi) is 7.61. The molecule has 3 N–H and O–H groups in total. The van der Waals surface area contributed by atoms with Gasteiger partial charge in [-0.3, -0.25) is 9.59 Å². The van der Waals surface area contributed by atoms with Crippen molar-refractivity contribution in [3.05, 3.63) is 59.9 Å². The van der Waals surface area contributed by atoms with E-state index in [-0.39, 0.29) is 42.7 Å². The molecule has 1 atom stereocenters. The lowest BCUT2D eigenvalue weighted by molar-refractivity contribution is 0.0655. The second kappa shape index (κ2) is 9.73. The van der Waals surface area contributed by atoms with E-state index in [9.17, 15) is 9.59 Å². The summed E-state index contributed by atoms with van der Waals surface area (Å²) in [4.78, 5) is 34.4. The number of nitrogens with one attached hydrogen (secondary N) is 3. The first-order chi connectivity index (χ1) is 13.1. The van der Waals surface area contributed by atoms with Crippen molar-refractivity contribution in [1.29, 1.82) is 0 Å². The largest absolute Gasteiger partial charge is 0.345 e. The summed E-state index contributed by atoms with van der Waals surface area (Å²) in [6, 6.07) is 12.5. The zero-order valence-electron chi connectivity index (χ0n) is 15.8. The maximum absolute atomic E-state index is 12.8. The van der Waals surface area contributed by atoms with Gasteiger partial charge in [-0.05, 0) is 43.3 Å². The number of rotatable bonds is 3. The van der Waals surface area contributed by atoms with Crippen LogP contribution in [0.15, 0.2) is 48.8 Å². The normalized spacial score (nSPS) is 15.9. The Morgan fingerprint density at radius 3 is 2.76 bits per heavy atom. The molecular weight excluding hydrogens is 413 g/mol. The first-order valence-electron chi connectivity index (χ1n) is 8.98. The molecule has 2 amide bonds. The highest BCUT2D eigenvalue weighted by Gasteiger charge is 2.24. The molecular formula is C20H23Cl2N5O2. The van der Waals surface area contributed by atoms with Gasteiger partial charge in [-0.15, -0.1) is 24.8 Å². The number of hydrogen-bond donors (Lipinski definition) is 3. The molecule has 154 valence electrons. The van der Waals surface area contributed by atoms with Crippen LogP contribution >= 0.6 is 24.8 Å². The molecule has 1 saturated heterocycles. The minimum absolute atomic E-state index is 0. The van der Waals surface area contributed by atoms with Gasteiger partial charge in [0, 0.05) is 42.5 Å². The molecule has 0 radical (unpaired) electrons. The van der Waals surface area contributed by atoms with Crippen LogP contribution in [-0.4, -0.2) is 52.4 Å². The zero-order valence-corrected chi connectivity index (χ0v) is 17.5. The quantitative estimate of drug-likeness (QED) is 0.589. The molecule has 1 unspecified atom stereocenters. The Bertz CT molecular complexity index is 1010. The lowest BCUT2D eigenvalue weighted by atomic mass is 10.1. The van der Waals surface area contributed by atoms with Gasteiger partial charge >= 0.3 is 0 Å². The number of piperazine rings is 1. The number of halogens is 2. The molecule has 0 bridgehead atoms. The molecule has 2 aromatic carbocycles. The Labute approximate surface area is 181 Å². The summed E-state index contributed by atoms with van der Waals surface area (Å²) in [5.74, 6) is -0.245. The van der Waals surface area contributed by atoms with E-state index in [4.69, 9.17) is 0 Å². The van der Waals surface area contributed by atoms with E-state index in [2.05, 4.69) is 20.6 Å². The van der Waals surface area contributed by atoms with Crippen molar-refractivity contribution in [1.82, 2.24) is 20.2 Å². The summed E-state index contributed by atoms with van der Waals surface area (Å²) in [5.41, 5.74) is 3.31. The maximum atomic E-state index is 12.8. The van der Waals surface area contributed by atoms with E-state index in [1.54, 1.807) is 48.8 Å². The molecule has 3 aromatic rings. The summed E-state index contributed by atoms with van der Waals surface area (Å²) in [5, 5.41) is 6.15. The topological polar surface area (TPSA) is 90.1 Å². The highest BCUT2D eigenvalue weighted by molar-refractivity contribution is 6.06. The van der Waals surface area contributed by atoms with Gasteiger partial charge in [0.2, 0.25) is 0 Å². The fourth-order valence-corrected chi connectivity index (χ4v) is 3.32. The minimum atomic E-state index is -0.230. The van der Waals surface area contributed by atoms with Crippen LogP contribution < -0.4 is 10.6 Å². The average Bonchev–Trinajstić information content (AvgIpc) is 3.16. The fourth-order valence-electron chi connectivity index (χ4n) is 3.32. The predicted molar refractivity (Wildman–Crippen MR) is 118 cm³/mol. The lowest BCUT2D eigenvalue weighted by Gasteiger charge is -2.34. The Morgan fingerprint density at radius 2 is 1.97 bits per heavy atom. The van der Waals surface area contributed by atoms with Crippen molar-refractivity contribution < 1.29 is 9.59 Å². The van der Waals surface area contributed by atoms with Gasteiger partial charge in [-0.1, -0.05) is 6.07 Å². The number of aromatic amines is 1. The number of fused-ring (bicyclic) bond motifs is 1. The zero-order chi connectivity index (χ0) is 18.8. The molecule has 29 heavy (non-hydrogen) atoms. The second-order valence-electron chi connectivity index (χ2n) is 6.72. The van der Waals surface area contributed by atoms with Crippen molar-refractivity contribution in [2.45, 2.75) is 13.0 Å². The second-order valence-corrected chi connectivity index (χ2v) is 6.72. The Morgan fingerprint density at radius 1 is 1.14 bits per heavy atom. The van der Waals surface area contributed by atoms with Crippen LogP contribution in [0.25, 0.3) is 11.0 Å².